The van der Waals surface area contributed by atoms with E-state index in [1.807, 2.05) is 17.5 Å². The van der Waals surface area contributed by atoms with E-state index in [1.165, 1.54) is 109 Å². The second-order valence-corrected chi connectivity index (χ2v) is 35.3. The van der Waals surface area contributed by atoms with Gasteiger partial charge in [0.1, 0.15) is 24.0 Å². The minimum absolute atomic E-state index is 0.0768. The number of anilines is 4. The van der Waals surface area contributed by atoms with E-state index in [1.54, 1.807) is 0 Å². The highest BCUT2D eigenvalue weighted by molar-refractivity contribution is 7.26. The lowest BCUT2D eigenvalue weighted by atomic mass is 9.76. The Hall–Kier alpha value is -8.45. The standard InChI is InChI=1S/C90H100N4OS/c1-54(2)68-29-27-30-69(55(3)4)81(68)58-44-65(51-67(45-58)95-66-34-35-72-78(52-66)94(80-50-59(38-39-91-80)85(5,6)7)77-37-36-71-70-28-23-26-33-79(70)96-84(71)82(72)77)92-53-93(76-32-25-24-31-75(76)92)83-73(56-40-60(86(8,9)10)46-61(41-56)87(11,12)13)48-64(90(20,21)22)49-74(83)57-42-62(88(14,15)16)47-63(43-57)89(17,18)19/h23-52,54-55H,53H2,1-22H3. The van der Waals surface area contributed by atoms with E-state index in [9.17, 15) is 0 Å². The number of aromatic nitrogens is 2. The molecule has 0 spiro atoms. The number of pyridine rings is 1. The van der Waals surface area contributed by atoms with Crippen molar-refractivity contribution in [1.82, 2.24) is 9.55 Å². The maximum atomic E-state index is 7.53. The van der Waals surface area contributed by atoms with Gasteiger partial charge in [0.2, 0.25) is 0 Å². The van der Waals surface area contributed by atoms with Gasteiger partial charge in [-0.1, -0.05) is 243 Å². The van der Waals surface area contributed by atoms with E-state index in [2.05, 4.69) is 343 Å². The molecule has 6 heteroatoms. The van der Waals surface area contributed by atoms with Crippen LogP contribution in [0.2, 0.25) is 0 Å². The molecular weight excluding hydrogens is 1190 g/mol. The van der Waals surface area contributed by atoms with Crippen LogP contribution in [0.15, 0.2) is 182 Å². The van der Waals surface area contributed by atoms with Crippen molar-refractivity contribution < 1.29 is 4.74 Å². The number of fused-ring (bicyclic) bond motifs is 8. The number of nitrogens with zero attached hydrogens (tertiary/aromatic N) is 4. The van der Waals surface area contributed by atoms with E-state index in [4.69, 9.17) is 9.72 Å². The number of ether oxygens (including phenoxy) is 1. The fraction of sp³-hybridized carbons (Fsp3) is 0.344. The Morgan fingerprint density at radius 2 is 0.917 bits per heavy atom. The van der Waals surface area contributed by atoms with Crippen molar-refractivity contribution in [3.63, 3.8) is 0 Å². The van der Waals surface area contributed by atoms with Crippen LogP contribution in [0.3, 0.4) is 0 Å². The summed E-state index contributed by atoms with van der Waals surface area (Å²) in [6.07, 6.45) is 1.97. The van der Waals surface area contributed by atoms with E-state index >= 15 is 0 Å². The van der Waals surface area contributed by atoms with E-state index < -0.39 is 0 Å². The van der Waals surface area contributed by atoms with Gasteiger partial charge in [-0.15, -0.1) is 11.3 Å². The highest BCUT2D eigenvalue weighted by Gasteiger charge is 2.36. The molecule has 5 nitrogen and oxygen atoms in total. The molecule has 0 radical (unpaired) electrons. The quantitative estimate of drug-likeness (QED) is 0.137. The average molecular weight is 1290 g/mol. The van der Waals surface area contributed by atoms with Crippen LogP contribution < -0.4 is 14.5 Å². The van der Waals surface area contributed by atoms with Crippen molar-refractivity contribution >= 4 is 76.1 Å². The second kappa shape index (κ2) is 23.7. The minimum Gasteiger partial charge on any atom is -0.457 e. The van der Waals surface area contributed by atoms with Gasteiger partial charge in [0.25, 0.3) is 0 Å². The largest absolute Gasteiger partial charge is 0.457 e. The van der Waals surface area contributed by atoms with Crippen LogP contribution in [0.1, 0.15) is 209 Å². The first-order valence-corrected chi connectivity index (χ1v) is 35.8. The van der Waals surface area contributed by atoms with Crippen molar-refractivity contribution in [2.75, 3.05) is 16.5 Å². The molecule has 0 atom stereocenters. The van der Waals surface area contributed by atoms with Gasteiger partial charge in [0.15, 0.2) is 0 Å². The van der Waals surface area contributed by atoms with Crippen LogP contribution in [-0.2, 0) is 32.5 Å². The van der Waals surface area contributed by atoms with Gasteiger partial charge < -0.3 is 14.5 Å². The van der Waals surface area contributed by atoms with Crippen LogP contribution in [0.5, 0.6) is 11.5 Å². The normalized spacial score (nSPS) is 13.6. The Labute approximate surface area is 577 Å². The number of thiophene rings is 1. The lowest BCUT2D eigenvalue weighted by Gasteiger charge is -2.33. The van der Waals surface area contributed by atoms with Gasteiger partial charge in [0, 0.05) is 66.1 Å². The Kier molecular flexibility index (Phi) is 16.3. The molecule has 0 amide bonds. The lowest BCUT2D eigenvalue weighted by molar-refractivity contribution is 0.483. The molecule has 0 N–H and O–H groups in total. The molecule has 0 saturated carbocycles. The summed E-state index contributed by atoms with van der Waals surface area (Å²) in [6.45, 7) is 52.1. The van der Waals surface area contributed by atoms with Crippen molar-refractivity contribution in [1.29, 1.82) is 0 Å². The average Bonchev–Trinajstić information content (AvgIpc) is 1.54. The lowest BCUT2D eigenvalue weighted by Crippen LogP contribution is -2.26. The summed E-state index contributed by atoms with van der Waals surface area (Å²) in [5, 5.41) is 4.96. The first kappa shape index (κ1) is 66.2. The van der Waals surface area contributed by atoms with Crippen LogP contribution in [0, 0.1) is 0 Å². The van der Waals surface area contributed by atoms with Crippen molar-refractivity contribution in [2.24, 2.45) is 0 Å². The van der Waals surface area contributed by atoms with Gasteiger partial charge in [-0.3, -0.25) is 4.57 Å². The highest BCUT2D eigenvalue weighted by atomic mass is 32.1. The number of rotatable bonds is 10. The van der Waals surface area contributed by atoms with Crippen LogP contribution in [-0.4, -0.2) is 16.2 Å². The van der Waals surface area contributed by atoms with E-state index in [-0.39, 0.29) is 44.3 Å². The van der Waals surface area contributed by atoms with Crippen molar-refractivity contribution in [3.05, 3.63) is 227 Å². The molecule has 3 aromatic heterocycles. The highest BCUT2D eigenvalue weighted by Crippen LogP contribution is 2.55. The third-order valence-corrected chi connectivity index (χ3v) is 21.3. The van der Waals surface area contributed by atoms with Crippen molar-refractivity contribution in [2.45, 2.75) is 197 Å². The zero-order valence-electron chi connectivity index (χ0n) is 61.3. The second-order valence-electron chi connectivity index (χ2n) is 34.3. The Morgan fingerprint density at radius 3 is 1.46 bits per heavy atom. The van der Waals surface area contributed by atoms with Crippen LogP contribution in [0.4, 0.5) is 22.7 Å². The maximum absolute atomic E-state index is 7.53. The maximum Gasteiger partial charge on any atom is 0.137 e. The molecule has 0 bridgehead atoms. The monoisotopic (exact) mass is 1280 g/mol. The summed E-state index contributed by atoms with van der Waals surface area (Å²) in [4.78, 5) is 10.3. The summed E-state index contributed by atoms with van der Waals surface area (Å²) in [5.74, 6) is 2.96. The number of hydrogen-bond donors (Lipinski definition) is 0. The first-order chi connectivity index (χ1) is 45.0. The van der Waals surface area contributed by atoms with Gasteiger partial charge in [0.05, 0.1) is 28.1 Å². The fourth-order valence-electron chi connectivity index (χ4n) is 14.3. The Bertz CT molecular complexity index is 4840. The van der Waals surface area contributed by atoms with Crippen molar-refractivity contribution in [3.8, 4) is 50.7 Å². The SMILES string of the molecule is CC(C)c1cccc(C(C)C)c1-c1cc(Oc2ccc3c4c5sc6ccccc6c5ccc4n(-c4cc(C(C)(C)C)ccn4)c3c2)cc(N2CN(c3c(-c4cc(C(C)(C)C)cc(C(C)(C)C)c4)cc(C(C)(C)C)cc3-c3cc(C(C)(C)C)cc(C(C)(C)C)c3)c3ccccc32)c1. The molecular formula is C90H100N4OS. The third-order valence-electron chi connectivity index (χ3n) is 20.1. The molecule has 1 aliphatic rings. The predicted octanol–water partition coefficient (Wildman–Crippen LogP) is 26.6. The summed E-state index contributed by atoms with van der Waals surface area (Å²) in [7, 11) is 0. The topological polar surface area (TPSA) is 33.5 Å². The number of para-hydroxylation sites is 2. The number of benzene rings is 9. The first-order valence-electron chi connectivity index (χ1n) is 35.0. The van der Waals surface area contributed by atoms with Crippen LogP contribution >= 0.6 is 11.3 Å². The zero-order valence-corrected chi connectivity index (χ0v) is 62.1. The summed E-state index contributed by atoms with van der Waals surface area (Å²) >= 11 is 1.87. The van der Waals surface area contributed by atoms with E-state index in [0.717, 1.165) is 51.0 Å². The molecule has 492 valence electrons. The third kappa shape index (κ3) is 12.2. The predicted molar refractivity (Wildman–Crippen MR) is 417 cm³/mol. The molecule has 4 heterocycles. The minimum atomic E-state index is -0.168. The smallest absolute Gasteiger partial charge is 0.137 e. The Balaban J connectivity index is 1.06. The fourth-order valence-corrected chi connectivity index (χ4v) is 15.5. The zero-order chi connectivity index (χ0) is 68.7. The van der Waals surface area contributed by atoms with E-state index in [0.29, 0.717) is 6.67 Å². The molecule has 12 aromatic rings. The summed E-state index contributed by atoms with van der Waals surface area (Å²) in [6, 6.07) is 67.7. The molecule has 1 aliphatic heterocycles. The van der Waals surface area contributed by atoms with Gasteiger partial charge in [-0.2, -0.15) is 0 Å². The molecule has 9 aromatic carbocycles. The molecule has 13 rings (SSSR count). The van der Waals surface area contributed by atoms with Gasteiger partial charge in [-0.25, -0.2) is 4.98 Å². The Morgan fingerprint density at radius 1 is 0.406 bits per heavy atom. The molecule has 0 fully saturated rings. The van der Waals surface area contributed by atoms with Gasteiger partial charge in [-0.05, 0) is 184 Å². The molecule has 0 saturated heterocycles. The molecule has 96 heavy (non-hydrogen) atoms. The summed E-state index contributed by atoms with van der Waals surface area (Å²) < 4.78 is 12.5. The van der Waals surface area contributed by atoms with Crippen LogP contribution in [0.25, 0.3) is 81.2 Å². The van der Waals surface area contributed by atoms with Gasteiger partial charge >= 0.3 is 0 Å². The number of hydrogen-bond acceptors (Lipinski definition) is 5. The summed E-state index contributed by atoms with van der Waals surface area (Å²) in [5.41, 5.74) is 24.0. The molecule has 0 unspecified atom stereocenters. The molecule has 0 aliphatic carbocycles.